The van der Waals surface area contributed by atoms with E-state index in [1.165, 1.54) is 35.9 Å². The first-order valence-electron chi connectivity index (χ1n) is 6.75. The van der Waals surface area contributed by atoms with Gasteiger partial charge in [-0.05, 0) is 46.5 Å². The van der Waals surface area contributed by atoms with Crippen LogP contribution in [0.3, 0.4) is 0 Å². The lowest BCUT2D eigenvalue weighted by molar-refractivity contribution is -0.144. The summed E-state index contributed by atoms with van der Waals surface area (Å²) in [7, 11) is 0. The maximum absolute atomic E-state index is 11.6. The number of hydrogen-bond acceptors (Lipinski definition) is 5. The molecule has 1 aliphatic carbocycles. The van der Waals surface area contributed by atoms with Crippen LogP contribution in [0.5, 0.6) is 0 Å². The summed E-state index contributed by atoms with van der Waals surface area (Å²) in [6.07, 6.45) is 4.38. The summed E-state index contributed by atoms with van der Waals surface area (Å²) < 4.78 is 5.14. The van der Waals surface area contributed by atoms with Crippen LogP contribution >= 0.6 is 11.8 Å². The average molecular weight is 280 g/mol. The minimum absolute atomic E-state index is 0.0610. The summed E-state index contributed by atoms with van der Waals surface area (Å²) in [6.45, 7) is 5.63. The van der Waals surface area contributed by atoms with Crippen LogP contribution in [-0.2, 0) is 22.4 Å². The Labute approximate surface area is 118 Å². The molecule has 0 amide bonds. The molecule has 4 nitrogen and oxygen atoms in total. The number of carbonyl (C=O) groups is 1. The SMILES string of the molecule is Cc1nc2c(c(SCC(=O)OC(C)C)n1)CCCC2. The third-order valence-electron chi connectivity index (χ3n) is 2.95. The Morgan fingerprint density at radius 2 is 2.05 bits per heavy atom. The van der Waals surface area contributed by atoms with Crippen LogP contribution in [0, 0.1) is 6.92 Å². The monoisotopic (exact) mass is 280 g/mol. The average Bonchev–Trinajstić information content (AvgIpc) is 2.35. The van der Waals surface area contributed by atoms with Crippen LogP contribution in [0.1, 0.15) is 43.8 Å². The van der Waals surface area contributed by atoms with Crippen molar-refractivity contribution in [3.63, 3.8) is 0 Å². The maximum Gasteiger partial charge on any atom is 0.316 e. The van der Waals surface area contributed by atoms with Crippen molar-refractivity contribution in [2.75, 3.05) is 5.75 Å². The molecule has 0 bridgehead atoms. The molecule has 1 aliphatic rings. The highest BCUT2D eigenvalue weighted by Gasteiger charge is 2.18. The highest BCUT2D eigenvalue weighted by Crippen LogP contribution is 2.28. The zero-order chi connectivity index (χ0) is 13.8. The molecule has 0 saturated heterocycles. The minimum Gasteiger partial charge on any atom is -0.462 e. The van der Waals surface area contributed by atoms with Gasteiger partial charge in [0.1, 0.15) is 10.9 Å². The van der Waals surface area contributed by atoms with Gasteiger partial charge in [0.05, 0.1) is 11.9 Å². The first-order valence-corrected chi connectivity index (χ1v) is 7.73. The Kier molecular flexibility index (Phi) is 4.80. The number of nitrogens with zero attached hydrogens (tertiary/aromatic N) is 2. The summed E-state index contributed by atoms with van der Waals surface area (Å²) in [5.41, 5.74) is 2.40. The van der Waals surface area contributed by atoms with Crippen LogP contribution in [0.15, 0.2) is 5.03 Å². The zero-order valence-electron chi connectivity index (χ0n) is 11.7. The molecule has 0 spiro atoms. The summed E-state index contributed by atoms with van der Waals surface area (Å²) in [4.78, 5) is 20.6. The number of aryl methyl sites for hydroxylation is 2. The van der Waals surface area contributed by atoms with E-state index in [0.717, 1.165) is 23.7 Å². The highest BCUT2D eigenvalue weighted by molar-refractivity contribution is 7.99. The molecule has 0 atom stereocenters. The Bertz CT molecular complexity index is 475. The van der Waals surface area contributed by atoms with E-state index in [0.29, 0.717) is 5.75 Å². The van der Waals surface area contributed by atoms with Crippen molar-refractivity contribution in [2.45, 2.75) is 57.6 Å². The zero-order valence-corrected chi connectivity index (χ0v) is 12.5. The molecule has 0 unspecified atom stereocenters. The van der Waals surface area contributed by atoms with Crippen molar-refractivity contribution in [3.05, 3.63) is 17.1 Å². The summed E-state index contributed by atoms with van der Waals surface area (Å²) in [6, 6.07) is 0. The number of carbonyl (C=O) groups excluding carboxylic acids is 1. The summed E-state index contributed by atoms with van der Waals surface area (Å²) in [5, 5.41) is 0.961. The molecule has 0 radical (unpaired) electrons. The van der Waals surface area contributed by atoms with Gasteiger partial charge in [0.2, 0.25) is 0 Å². The number of ether oxygens (including phenoxy) is 1. The van der Waals surface area contributed by atoms with Gasteiger partial charge in [-0.25, -0.2) is 9.97 Å². The second-order valence-electron chi connectivity index (χ2n) is 5.04. The molecular formula is C14H20N2O2S. The molecule has 1 heterocycles. The number of rotatable bonds is 4. The van der Waals surface area contributed by atoms with Gasteiger partial charge in [-0.1, -0.05) is 11.8 Å². The maximum atomic E-state index is 11.6. The van der Waals surface area contributed by atoms with Gasteiger partial charge < -0.3 is 4.74 Å². The van der Waals surface area contributed by atoms with Crippen molar-refractivity contribution >= 4 is 17.7 Å². The van der Waals surface area contributed by atoms with E-state index in [4.69, 9.17) is 4.74 Å². The number of hydrogen-bond donors (Lipinski definition) is 0. The van der Waals surface area contributed by atoms with E-state index in [1.54, 1.807) is 0 Å². The number of fused-ring (bicyclic) bond motifs is 1. The van der Waals surface area contributed by atoms with E-state index < -0.39 is 0 Å². The van der Waals surface area contributed by atoms with Gasteiger partial charge in [0.15, 0.2) is 0 Å². The molecule has 104 valence electrons. The van der Waals surface area contributed by atoms with Crippen LogP contribution < -0.4 is 0 Å². The molecule has 5 heteroatoms. The Balaban J connectivity index is 2.07. The van der Waals surface area contributed by atoms with Crippen LogP contribution in [0.25, 0.3) is 0 Å². The largest absolute Gasteiger partial charge is 0.462 e. The van der Waals surface area contributed by atoms with Crippen LogP contribution in [0.4, 0.5) is 0 Å². The second-order valence-corrected chi connectivity index (χ2v) is 6.00. The predicted molar refractivity (Wildman–Crippen MR) is 75.4 cm³/mol. The molecule has 1 aromatic rings. The third kappa shape index (κ3) is 3.93. The quantitative estimate of drug-likeness (QED) is 0.482. The molecule has 0 aromatic carbocycles. The Hall–Kier alpha value is -1.10. The smallest absolute Gasteiger partial charge is 0.316 e. The van der Waals surface area contributed by atoms with Crippen molar-refractivity contribution in [1.29, 1.82) is 0 Å². The fourth-order valence-corrected chi connectivity index (χ4v) is 3.13. The first kappa shape index (κ1) is 14.3. The number of aromatic nitrogens is 2. The van der Waals surface area contributed by atoms with Gasteiger partial charge in [-0.3, -0.25) is 4.79 Å². The number of esters is 1. The fraction of sp³-hybridized carbons (Fsp3) is 0.643. The van der Waals surface area contributed by atoms with E-state index in [1.807, 2.05) is 20.8 Å². The third-order valence-corrected chi connectivity index (χ3v) is 3.94. The van der Waals surface area contributed by atoms with Crippen molar-refractivity contribution in [3.8, 4) is 0 Å². The standard InChI is InChI=1S/C14H20N2O2S/c1-9(2)18-13(17)8-19-14-11-6-4-5-7-12(11)15-10(3)16-14/h9H,4-8H2,1-3H3. The van der Waals surface area contributed by atoms with E-state index in [-0.39, 0.29) is 12.1 Å². The van der Waals surface area contributed by atoms with Crippen molar-refractivity contribution in [1.82, 2.24) is 9.97 Å². The van der Waals surface area contributed by atoms with Crippen molar-refractivity contribution in [2.24, 2.45) is 0 Å². The molecule has 2 rings (SSSR count). The fourth-order valence-electron chi connectivity index (χ4n) is 2.22. The Morgan fingerprint density at radius 1 is 1.32 bits per heavy atom. The Morgan fingerprint density at radius 3 is 2.79 bits per heavy atom. The van der Waals surface area contributed by atoms with E-state index in [9.17, 15) is 4.79 Å². The van der Waals surface area contributed by atoms with Gasteiger partial charge >= 0.3 is 5.97 Å². The number of thioether (sulfide) groups is 1. The highest BCUT2D eigenvalue weighted by atomic mass is 32.2. The van der Waals surface area contributed by atoms with Crippen LogP contribution in [-0.4, -0.2) is 27.8 Å². The van der Waals surface area contributed by atoms with Crippen molar-refractivity contribution < 1.29 is 9.53 Å². The van der Waals surface area contributed by atoms with E-state index in [2.05, 4.69) is 9.97 Å². The minimum atomic E-state index is -0.180. The molecule has 0 aliphatic heterocycles. The molecule has 0 N–H and O–H groups in total. The summed E-state index contributed by atoms with van der Waals surface area (Å²) >= 11 is 1.47. The topological polar surface area (TPSA) is 52.1 Å². The van der Waals surface area contributed by atoms with E-state index >= 15 is 0 Å². The molecular weight excluding hydrogens is 260 g/mol. The van der Waals surface area contributed by atoms with Crippen LogP contribution in [0.2, 0.25) is 0 Å². The second kappa shape index (κ2) is 6.37. The molecule has 19 heavy (non-hydrogen) atoms. The first-order chi connectivity index (χ1) is 9.06. The molecule has 1 aromatic heterocycles. The molecule has 0 fully saturated rings. The van der Waals surface area contributed by atoms with Gasteiger partial charge in [0.25, 0.3) is 0 Å². The summed E-state index contributed by atoms with van der Waals surface area (Å²) in [5.74, 6) is 0.933. The normalized spacial score (nSPS) is 14.3. The van der Waals surface area contributed by atoms with Gasteiger partial charge in [-0.15, -0.1) is 0 Å². The molecule has 0 saturated carbocycles. The lowest BCUT2D eigenvalue weighted by atomic mass is 9.97. The lowest BCUT2D eigenvalue weighted by Crippen LogP contribution is -2.15. The van der Waals surface area contributed by atoms with Gasteiger partial charge in [-0.2, -0.15) is 0 Å². The lowest BCUT2D eigenvalue weighted by Gasteiger charge is -2.18. The van der Waals surface area contributed by atoms with Gasteiger partial charge in [0, 0.05) is 11.3 Å². The predicted octanol–water partition coefficient (Wildman–Crippen LogP) is 2.71.